The number of rotatable bonds is 11. The van der Waals surface area contributed by atoms with Crippen molar-refractivity contribution >= 4 is 35.7 Å². The first kappa shape index (κ1) is 28.5. The summed E-state index contributed by atoms with van der Waals surface area (Å²) < 4.78 is 2.08. The third-order valence-electron chi connectivity index (χ3n) is 7.35. The van der Waals surface area contributed by atoms with Crippen LogP contribution in [0.25, 0.3) is 10.9 Å². The number of allylic oxidation sites excluding steroid dienone is 1. The number of pyridine rings is 1. The van der Waals surface area contributed by atoms with E-state index in [0.717, 1.165) is 61.2 Å². The van der Waals surface area contributed by atoms with Crippen molar-refractivity contribution in [1.29, 1.82) is 5.26 Å². The Labute approximate surface area is 235 Å². The number of benzene rings is 1. The number of fused-ring (bicyclic) bond motifs is 1. The lowest BCUT2D eigenvalue weighted by Gasteiger charge is -2.33. The van der Waals surface area contributed by atoms with Crippen LogP contribution in [0.5, 0.6) is 0 Å². The molecule has 0 spiro atoms. The Morgan fingerprint density at radius 1 is 1.27 bits per heavy atom. The number of amides is 1. The Bertz CT molecular complexity index is 1470. The lowest BCUT2D eigenvalue weighted by molar-refractivity contribution is -0.111. The zero-order valence-electron chi connectivity index (χ0n) is 23.2. The van der Waals surface area contributed by atoms with Crippen LogP contribution < -0.4 is 10.6 Å². The van der Waals surface area contributed by atoms with Crippen LogP contribution in [0, 0.1) is 18.3 Å². The third-order valence-corrected chi connectivity index (χ3v) is 7.35. The standard InChI is InChI=1S/C31H36N8O/c1-5-29(35-21-33-4)36-25-12-14-38(15-13-25)20-24-8-9-28-27(22(24)3)17-26(18-32)39(28)16-11-23-7-10-30(34-19-23)37-31(40)6-2/h5-10,17,19,21,25,36H,2,4,11-16,20H2,1,3H3,(H,34,37,40)/b29-5+,35-21-. The number of aromatic nitrogens is 2. The topological polar surface area (TPSA) is 111 Å². The molecular weight excluding hydrogens is 500 g/mol. The molecule has 1 fully saturated rings. The molecule has 40 heavy (non-hydrogen) atoms. The number of hydrogen-bond donors (Lipinski definition) is 2. The van der Waals surface area contributed by atoms with Crippen LogP contribution in [0.2, 0.25) is 0 Å². The maximum atomic E-state index is 11.5. The Kier molecular flexibility index (Phi) is 9.60. The third kappa shape index (κ3) is 6.90. The number of nitriles is 1. The van der Waals surface area contributed by atoms with Crippen LogP contribution in [0.3, 0.4) is 0 Å². The maximum absolute atomic E-state index is 11.5. The number of carbonyl (C=O) groups excluding carboxylic acids is 1. The Balaban J connectivity index is 1.40. The summed E-state index contributed by atoms with van der Waals surface area (Å²) in [6.07, 6.45) is 9.18. The molecule has 3 aromatic rings. The van der Waals surface area contributed by atoms with Gasteiger partial charge in [0.2, 0.25) is 5.91 Å². The zero-order valence-corrected chi connectivity index (χ0v) is 23.2. The molecule has 1 aromatic carbocycles. The summed E-state index contributed by atoms with van der Waals surface area (Å²) >= 11 is 0. The fourth-order valence-electron chi connectivity index (χ4n) is 5.07. The largest absolute Gasteiger partial charge is 0.367 e. The number of likely N-dealkylation sites (tertiary alicyclic amines) is 1. The van der Waals surface area contributed by atoms with E-state index in [4.69, 9.17) is 0 Å². The van der Waals surface area contributed by atoms with Gasteiger partial charge in [-0.05, 0) is 86.9 Å². The summed E-state index contributed by atoms with van der Waals surface area (Å²) in [5.41, 5.74) is 5.26. The van der Waals surface area contributed by atoms with E-state index in [0.29, 0.717) is 24.1 Å². The highest BCUT2D eigenvalue weighted by Crippen LogP contribution is 2.28. The Hall–Kier alpha value is -4.55. The molecule has 1 saturated heterocycles. The fraction of sp³-hybridized carbons (Fsp3) is 0.323. The molecule has 9 nitrogen and oxygen atoms in total. The van der Waals surface area contributed by atoms with Gasteiger partial charge in [-0.1, -0.05) is 18.7 Å². The first-order chi connectivity index (χ1) is 19.4. The van der Waals surface area contributed by atoms with Gasteiger partial charge in [-0.2, -0.15) is 5.26 Å². The normalized spacial score (nSPS) is 14.8. The molecule has 4 rings (SSSR count). The highest BCUT2D eigenvalue weighted by molar-refractivity contribution is 5.98. The summed E-state index contributed by atoms with van der Waals surface area (Å²) in [5.74, 6) is 1.02. The van der Waals surface area contributed by atoms with Crippen molar-refractivity contribution in [3.8, 4) is 6.07 Å². The van der Waals surface area contributed by atoms with Crippen molar-refractivity contribution in [3.05, 3.63) is 83.5 Å². The molecule has 1 amide bonds. The second-order valence-electron chi connectivity index (χ2n) is 9.87. The molecule has 1 aliphatic rings. The minimum atomic E-state index is -0.292. The summed E-state index contributed by atoms with van der Waals surface area (Å²) in [6.45, 7) is 14.6. The average molecular weight is 537 g/mol. The Morgan fingerprint density at radius 3 is 2.73 bits per heavy atom. The predicted octanol–water partition coefficient (Wildman–Crippen LogP) is 4.73. The first-order valence-corrected chi connectivity index (χ1v) is 13.5. The van der Waals surface area contributed by atoms with Gasteiger partial charge in [0.1, 0.15) is 29.7 Å². The van der Waals surface area contributed by atoms with Gasteiger partial charge < -0.3 is 15.2 Å². The number of nitrogens with one attached hydrogen (secondary N) is 2. The van der Waals surface area contributed by atoms with Gasteiger partial charge in [0, 0.05) is 49.3 Å². The van der Waals surface area contributed by atoms with Crippen LogP contribution in [-0.4, -0.2) is 52.5 Å². The van der Waals surface area contributed by atoms with Crippen LogP contribution >= 0.6 is 0 Å². The van der Waals surface area contributed by atoms with E-state index in [1.807, 2.05) is 25.1 Å². The molecule has 0 radical (unpaired) electrons. The quantitative estimate of drug-likeness (QED) is 0.209. The van der Waals surface area contributed by atoms with Crippen LogP contribution in [0.4, 0.5) is 5.82 Å². The number of nitrogens with zero attached hydrogens (tertiary/aromatic N) is 6. The summed E-state index contributed by atoms with van der Waals surface area (Å²) in [4.78, 5) is 26.2. The highest BCUT2D eigenvalue weighted by Gasteiger charge is 2.21. The molecule has 0 atom stereocenters. The van der Waals surface area contributed by atoms with E-state index in [-0.39, 0.29) is 5.91 Å². The summed E-state index contributed by atoms with van der Waals surface area (Å²) in [5, 5.41) is 17.1. The predicted molar refractivity (Wildman–Crippen MR) is 161 cm³/mol. The van der Waals surface area contributed by atoms with E-state index >= 15 is 0 Å². The van der Waals surface area contributed by atoms with Crippen molar-refractivity contribution in [3.63, 3.8) is 0 Å². The van der Waals surface area contributed by atoms with E-state index in [1.54, 1.807) is 12.3 Å². The molecule has 2 N–H and O–H groups in total. The molecular formula is C31H36N8O. The average Bonchev–Trinajstić information content (AvgIpc) is 3.35. The molecule has 0 aliphatic carbocycles. The number of hydrogen-bond acceptors (Lipinski definition) is 6. The lowest BCUT2D eigenvalue weighted by Crippen LogP contribution is -2.41. The molecule has 9 heteroatoms. The molecule has 1 aliphatic heterocycles. The Morgan fingerprint density at radius 2 is 2.08 bits per heavy atom. The van der Waals surface area contributed by atoms with Gasteiger partial charge in [-0.15, -0.1) is 0 Å². The molecule has 0 saturated carbocycles. The number of aliphatic imine (C=N–C) groups is 2. The fourth-order valence-corrected chi connectivity index (χ4v) is 5.07. The number of piperidine rings is 1. The van der Waals surface area contributed by atoms with Crippen molar-refractivity contribution in [2.45, 2.75) is 52.2 Å². The number of aryl methyl sites for hydroxylation is 3. The maximum Gasteiger partial charge on any atom is 0.248 e. The van der Waals surface area contributed by atoms with Crippen molar-refractivity contribution in [1.82, 2.24) is 19.8 Å². The number of carbonyl (C=O) groups is 1. The van der Waals surface area contributed by atoms with Gasteiger partial charge in [-0.3, -0.25) is 14.7 Å². The summed E-state index contributed by atoms with van der Waals surface area (Å²) in [6, 6.07) is 12.8. The smallest absolute Gasteiger partial charge is 0.248 e. The SMILES string of the molecule is C=CC(=O)Nc1ccc(CCn2c(C#N)cc3c(C)c(CN4CCC(NC(=C/C)/N=C\N=C)CC4)ccc32)cn1. The second kappa shape index (κ2) is 13.5. The van der Waals surface area contributed by atoms with Gasteiger partial charge in [0.15, 0.2) is 0 Å². The minimum Gasteiger partial charge on any atom is -0.367 e. The van der Waals surface area contributed by atoms with Crippen molar-refractivity contribution < 1.29 is 4.79 Å². The van der Waals surface area contributed by atoms with E-state index in [2.05, 4.69) is 73.5 Å². The van der Waals surface area contributed by atoms with E-state index in [1.165, 1.54) is 23.5 Å². The molecule has 0 bridgehead atoms. The first-order valence-electron chi connectivity index (χ1n) is 13.5. The molecule has 3 heterocycles. The van der Waals surface area contributed by atoms with Crippen molar-refractivity contribution in [2.24, 2.45) is 9.98 Å². The van der Waals surface area contributed by atoms with Gasteiger partial charge in [-0.25, -0.2) is 9.98 Å². The van der Waals surface area contributed by atoms with E-state index < -0.39 is 0 Å². The molecule has 206 valence electrons. The van der Waals surface area contributed by atoms with Gasteiger partial charge in [0.05, 0.1) is 0 Å². The van der Waals surface area contributed by atoms with E-state index in [9.17, 15) is 10.1 Å². The van der Waals surface area contributed by atoms with Crippen LogP contribution in [0.15, 0.2) is 71.1 Å². The second-order valence-corrected chi connectivity index (χ2v) is 9.87. The number of anilines is 1. The summed E-state index contributed by atoms with van der Waals surface area (Å²) in [7, 11) is 0. The monoisotopic (exact) mass is 536 g/mol. The molecule has 2 aromatic heterocycles. The van der Waals surface area contributed by atoms with Crippen LogP contribution in [0.1, 0.15) is 42.1 Å². The van der Waals surface area contributed by atoms with Crippen LogP contribution in [-0.2, 0) is 24.3 Å². The lowest BCUT2D eigenvalue weighted by atomic mass is 10.0. The zero-order chi connectivity index (χ0) is 28.5. The molecule has 0 unspecified atom stereocenters. The highest BCUT2D eigenvalue weighted by atomic mass is 16.1. The minimum absolute atomic E-state index is 0.292. The van der Waals surface area contributed by atoms with Crippen molar-refractivity contribution in [2.75, 3.05) is 18.4 Å². The van der Waals surface area contributed by atoms with Gasteiger partial charge in [0.25, 0.3) is 0 Å². The van der Waals surface area contributed by atoms with Gasteiger partial charge >= 0.3 is 0 Å².